The van der Waals surface area contributed by atoms with Crippen molar-refractivity contribution in [3.63, 3.8) is 0 Å². The normalized spacial score (nSPS) is 10.6. The molecule has 3 aromatic rings. The number of nitrogens with zero attached hydrogens (tertiary/aromatic N) is 3. The average Bonchev–Trinajstić information content (AvgIpc) is 2.66. The van der Waals surface area contributed by atoms with Crippen molar-refractivity contribution in [1.29, 1.82) is 0 Å². The van der Waals surface area contributed by atoms with Crippen molar-refractivity contribution in [1.82, 2.24) is 14.9 Å². The van der Waals surface area contributed by atoms with Crippen LogP contribution in [0, 0.1) is 0 Å². The van der Waals surface area contributed by atoms with Gasteiger partial charge in [0.05, 0.1) is 29.3 Å². The third-order valence-electron chi connectivity index (χ3n) is 4.57. The quantitative estimate of drug-likeness (QED) is 0.370. The van der Waals surface area contributed by atoms with E-state index >= 15 is 0 Å². The van der Waals surface area contributed by atoms with Gasteiger partial charge >= 0.3 is 0 Å². The number of fused-ring (bicyclic) bond motifs is 2. The standard InChI is InChI=1S/C20H25ClN4O.2ClH/c1-4-25(5-2)10-6-9-22-18-12-15(26-3)13-19-20(18)24-16-8-7-14(21)11-17(16)23-19;;/h7-8,11-13,22H,4-6,9-10H2,1-3H3;2*1H. The molecule has 0 unspecified atom stereocenters. The maximum atomic E-state index is 6.08. The summed E-state index contributed by atoms with van der Waals surface area (Å²) in [4.78, 5) is 11.9. The van der Waals surface area contributed by atoms with E-state index < -0.39 is 0 Å². The summed E-state index contributed by atoms with van der Waals surface area (Å²) in [6.45, 7) is 8.50. The number of rotatable bonds is 8. The van der Waals surface area contributed by atoms with Gasteiger partial charge in [0.2, 0.25) is 0 Å². The molecule has 1 heterocycles. The fourth-order valence-electron chi connectivity index (χ4n) is 3.05. The van der Waals surface area contributed by atoms with Gasteiger partial charge in [-0.15, -0.1) is 24.8 Å². The minimum Gasteiger partial charge on any atom is -0.497 e. The Kier molecular flexibility index (Phi) is 10.0. The van der Waals surface area contributed by atoms with E-state index in [1.807, 2.05) is 30.3 Å². The van der Waals surface area contributed by atoms with E-state index in [1.165, 1.54) is 0 Å². The summed E-state index contributed by atoms with van der Waals surface area (Å²) in [6.07, 6.45) is 1.07. The van der Waals surface area contributed by atoms with Gasteiger partial charge in [0, 0.05) is 23.7 Å². The van der Waals surface area contributed by atoms with Crippen LogP contribution in [0.5, 0.6) is 5.75 Å². The van der Waals surface area contributed by atoms with Gasteiger partial charge in [-0.05, 0) is 44.3 Å². The second-order valence-corrected chi connectivity index (χ2v) is 6.64. The van der Waals surface area contributed by atoms with Gasteiger partial charge in [0.25, 0.3) is 0 Å². The van der Waals surface area contributed by atoms with Crippen LogP contribution in [0.2, 0.25) is 5.02 Å². The zero-order valence-corrected chi connectivity index (χ0v) is 18.8. The van der Waals surface area contributed by atoms with Gasteiger partial charge in [0.15, 0.2) is 0 Å². The van der Waals surface area contributed by atoms with Crippen LogP contribution in [0.15, 0.2) is 30.3 Å². The molecule has 2 aromatic carbocycles. The van der Waals surface area contributed by atoms with Gasteiger partial charge in [0.1, 0.15) is 11.3 Å². The number of benzene rings is 2. The third kappa shape index (κ3) is 5.74. The highest BCUT2D eigenvalue weighted by molar-refractivity contribution is 6.31. The lowest BCUT2D eigenvalue weighted by Crippen LogP contribution is -2.25. The summed E-state index contributed by atoms with van der Waals surface area (Å²) in [5.74, 6) is 0.763. The number of methoxy groups -OCH3 is 1. The molecular weight excluding hydrogens is 419 g/mol. The number of ether oxygens (including phenoxy) is 1. The van der Waals surface area contributed by atoms with Crippen LogP contribution in [0.4, 0.5) is 5.69 Å². The van der Waals surface area contributed by atoms with E-state index in [2.05, 4.69) is 24.1 Å². The first-order chi connectivity index (χ1) is 12.6. The number of nitrogens with one attached hydrogen (secondary N) is 1. The molecule has 0 aliphatic carbocycles. The highest BCUT2D eigenvalue weighted by atomic mass is 35.5. The topological polar surface area (TPSA) is 50.3 Å². The lowest BCUT2D eigenvalue weighted by molar-refractivity contribution is 0.303. The van der Waals surface area contributed by atoms with Crippen molar-refractivity contribution < 1.29 is 4.74 Å². The van der Waals surface area contributed by atoms with Crippen LogP contribution < -0.4 is 10.1 Å². The lowest BCUT2D eigenvalue weighted by atomic mass is 10.2. The summed E-state index contributed by atoms with van der Waals surface area (Å²) in [5, 5.41) is 4.16. The number of hydrogen-bond donors (Lipinski definition) is 1. The number of halogens is 3. The smallest absolute Gasteiger partial charge is 0.123 e. The highest BCUT2D eigenvalue weighted by Crippen LogP contribution is 2.29. The van der Waals surface area contributed by atoms with Crippen molar-refractivity contribution in [2.75, 3.05) is 38.6 Å². The monoisotopic (exact) mass is 444 g/mol. The molecule has 0 fully saturated rings. The predicted octanol–water partition coefficient (Wildman–Crippen LogP) is 5.43. The predicted molar refractivity (Wildman–Crippen MR) is 124 cm³/mol. The molecule has 0 aliphatic heterocycles. The molecular formula is C20H27Cl3N4O. The molecule has 5 nitrogen and oxygen atoms in total. The Morgan fingerprint density at radius 3 is 2.43 bits per heavy atom. The van der Waals surface area contributed by atoms with Crippen molar-refractivity contribution in [2.45, 2.75) is 20.3 Å². The summed E-state index contributed by atoms with van der Waals surface area (Å²) < 4.78 is 5.44. The van der Waals surface area contributed by atoms with E-state index in [0.29, 0.717) is 5.02 Å². The first kappa shape index (κ1) is 24.5. The van der Waals surface area contributed by atoms with Crippen LogP contribution in [0.1, 0.15) is 20.3 Å². The minimum absolute atomic E-state index is 0. The van der Waals surface area contributed by atoms with E-state index in [1.54, 1.807) is 7.11 Å². The maximum Gasteiger partial charge on any atom is 0.123 e. The van der Waals surface area contributed by atoms with Crippen LogP contribution in [0.25, 0.3) is 22.1 Å². The van der Waals surface area contributed by atoms with Crippen molar-refractivity contribution in [3.05, 3.63) is 35.4 Å². The Bertz CT molecular complexity index is 903. The average molecular weight is 446 g/mol. The maximum absolute atomic E-state index is 6.08. The van der Waals surface area contributed by atoms with Gasteiger partial charge in [-0.1, -0.05) is 25.4 Å². The Labute approximate surface area is 183 Å². The first-order valence-electron chi connectivity index (χ1n) is 9.05. The molecule has 0 radical (unpaired) electrons. The second kappa shape index (κ2) is 11.5. The SMILES string of the molecule is CCN(CC)CCCNc1cc(OC)cc2nc3cc(Cl)ccc3nc12.Cl.Cl. The summed E-state index contributed by atoms with van der Waals surface area (Å²) in [5.41, 5.74) is 4.21. The molecule has 0 saturated heterocycles. The molecule has 28 heavy (non-hydrogen) atoms. The molecule has 0 amide bonds. The molecule has 0 aliphatic rings. The van der Waals surface area contributed by atoms with E-state index in [0.717, 1.165) is 66.1 Å². The van der Waals surface area contributed by atoms with Crippen molar-refractivity contribution >= 4 is 64.2 Å². The van der Waals surface area contributed by atoms with Crippen molar-refractivity contribution in [3.8, 4) is 5.75 Å². The second-order valence-electron chi connectivity index (χ2n) is 6.21. The number of anilines is 1. The molecule has 1 N–H and O–H groups in total. The molecule has 0 spiro atoms. The fourth-order valence-corrected chi connectivity index (χ4v) is 3.21. The molecule has 0 atom stereocenters. The first-order valence-corrected chi connectivity index (χ1v) is 9.43. The minimum atomic E-state index is 0. The van der Waals surface area contributed by atoms with Gasteiger partial charge < -0.3 is 15.0 Å². The molecule has 1 aromatic heterocycles. The molecule has 0 bridgehead atoms. The van der Waals surface area contributed by atoms with Gasteiger partial charge in [-0.2, -0.15) is 0 Å². The Balaban J connectivity index is 0.00000196. The summed E-state index contributed by atoms with van der Waals surface area (Å²) in [6, 6.07) is 9.46. The zero-order valence-electron chi connectivity index (χ0n) is 16.4. The van der Waals surface area contributed by atoms with E-state index in [4.69, 9.17) is 26.3 Å². The largest absolute Gasteiger partial charge is 0.497 e. The van der Waals surface area contributed by atoms with Crippen LogP contribution in [-0.2, 0) is 0 Å². The molecule has 0 saturated carbocycles. The summed E-state index contributed by atoms with van der Waals surface area (Å²) in [7, 11) is 1.66. The summed E-state index contributed by atoms with van der Waals surface area (Å²) >= 11 is 6.08. The Morgan fingerprint density at radius 2 is 1.75 bits per heavy atom. The third-order valence-corrected chi connectivity index (χ3v) is 4.81. The molecule has 3 rings (SSSR count). The Hall–Kier alpha value is -1.53. The van der Waals surface area contributed by atoms with Gasteiger partial charge in [-0.25, -0.2) is 9.97 Å². The van der Waals surface area contributed by atoms with Crippen molar-refractivity contribution in [2.24, 2.45) is 0 Å². The zero-order chi connectivity index (χ0) is 18.5. The van der Waals surface area contributed by atoms with Crippen LogP contribution in [0.3, 0.4) is 0 Å². The lowest BCUT2D eigenvalue weighted by Gasteiger charge is -2.18. The number of hydrogen-bond acceptors (Lipinski definition) is 5. The molecule has 154 valence electrons. The van der Waals surface area contributed by atoms with E-state index in [9.17, 15) is 0 Å². The van der Waals surface area contributed by atoms with Crippen LogP contribution >= 0.6 is 36.4 Å². The molecule has 8 heteroatoms. The number of aromatic nitrogens is 2. The van der Waals surface area contributed by atoms with Crippen LogP contribution in [-0.4, -0.2) is 48.2 Å². The Morgan fingerprint density at radius 1 is 1.00 bits per heavy atom. The highest BCUT2D eigenvalue weighted by Gasteiger charge is 2.10. The van der Waals surface area contributed by atoms with Gasteiger partial charge in [-0.3, -0.25) is 0 Å². The fraction of sp³-hybridized carbons (Fsp3) is 0.400. The van der Waals surface area contributed by atoms with E-state index in [-0.39, 0.29) is 24.8 Å².